The standard InChI is InChI=1S/C12H20N6O3/c1-2-3-13-11-16-9-8(14-7-15-9)10(17-11)18-12(4-19,5-20)6-21/h7,19-21H,2-6H2,1H3,(H3,13,14,15,16,17,18). The van der Waals surface area contributed by atoms with Crippen LogP contribution in [0.2, 0.25) is 0 Å². The van der Waals surface area contributed by atoms with Crippen molar-refractivity contribution in [2.75, 3.05) is 37.0 Å². The predicted molar refractivity (Wildman–Crippen MR) is 78.1 cm³/mol. The Kier molecular flexibility index (Phi) is 4.89. The number of imidazole rings is 1. The topological polar surface area (TPSA) is 139 Å². The summed E-state index contributed by atoms with van der Waals surface area (Å²) in [6.07, 6.45) is 2.39. The number of hydrogen-bond donors (Lipinski definition) is 6. The molecule has 0 aliphatic rings. The molecule has 0 bridgehead atoms. The molecule has 0 spiro atoms. The van der Waals surface area contributed by atoms with E-state index in [2.05, 4.69) is 30.6 Å². The quantitative estimate of drug-likeness (QED) is 0.376. The summed E-state index contributed by atoms with van der Waals surface area (Å²) in [5, 5.41) is 34.1. The zero-order chi connectivity index (χ0) is 15.3. The van der Waals surface area contributed by atoms with Crippen LogP contribution in [0.15, 0.2) is 6.33 Å². The molecule has 2 aromatic heterocycles. The van der Waals surface area contributed by atoms with E-state index < -0.39 is 25.4 Å². The minimum Gasteiger partial charge on any atom is -0.394 e. The molecular formula is C12H20N6O3. The Hall–Kier alpha value is -1.97. The Balaban J connectivity index is 2.38. The summed E-state index contributed by atoms with van der Waals surface area (Å²) in [5.41, 5.74) is -0.278. The third kappa shape index (κ3) is 3.20. The van der Waals surface area contributed by atoms with Gasteiger partial charge in [0.1, 0.15) is 11.1 Å². The molecule has 0 aromatic carbocycles. The fraction of sp³-hybridized carbons (Fsp3) is 0.583. The maximum Gasteiger partial charge on any atom is 0.226 e. The highest BCUT2D eigenvalue weighted by Gasteiger charge is 2.29. The van der Waals surface area contributed by atoms with Gasteiger partial charge in [-0.1, -0.05) is 6.92 Å². The minimum atomic E-state index is -1.27. The molecule has 9 nitrogen and oxygen atoms in total. The maximum atomic E-state index is 9.40. The van der Waals surface area contributed by atoms with E-state index >= 15 is 0 Å². The van der Waals surface area contributed by atoms with Gasteiger partial charge in [0.05, 0.1) is 26.1 Å². The first-order valence-corrected chi connectivity index (χ1v) is 6.73. The van der Waals surface area contributed by atoms with Crippen LogP contribution in [0.4, 0.5) is 11.8 Å². The maximum absolute atomic E-state index is 9.40. The van der Waals surface area contributed by atoms with E-state index in [1.54, 1.807) is 0 Å². The first-order valence-electron chi connectivity index (χ1n) is 6.73. The lowest BCUT2D eigenvalue weighted by molar-refractivity contribution is 0.0832. The Bertz CT molecular complexity index is 575. The van der Waals surface area contributed by atoms with Crippen LogP contribution >= 0.6 is 0 Å². The van der Waals surface area contributed by atoms with E-state index in [0.717, 1.165) is 6.42 Å². The van der Waals surface area contributed by atoms with E-state index in [0.29, 0.717) is 29.5 Å². The van der Waals surface area contributed by atoms with E-state index in [1.165, 1.54) is 6.33 Å². The number of hydrogen-bond acceptors (Lipinski definition) is 8. The summed E-state index contributed by atoms with van der Waals surface area (Å²) < 4.78 is 0. The Morgan fingerprint density at radius 3 is 2.52 bits per heavy atom. The second-order valence-electron chi connectivity index (χ2n) is 4.80. The molecule has 6 N–H and O–H groups in total. The first kappa shape index (κ1) is 15.4. The molecule has 0 unspecified atom stereocenters. The van der Waals surface area contributed by atoms with E-state index in [4.69, 9.17) is 0 Å². The number of aliphatic hydroxyl groups is 3. The lowest BCUT2D eigenvalue weighted by Gasteiger charge is -2.29. The number of aliphatic hydroxyl groups excluding tert-OH is 3. The van der Waals surface area contributed by atoms with Crippen molar-refractivity contribution >= 4 is 22.9 Å². The van der Waals surface area contributed by atoms with Crippen LogP contribution in [0.1, 0.15) is 13.3 Å². The summed E-state index contributed by atoms with van der Waals surface area (Å²) >= 11 is 0. The zero-order valence-electron chi connectivity index (χ0n) is 11.8. The zero-order valence-corrected chi connectivity index (χ0v) is 11.8. The molecule has 2 rings (SSSR count). The van der Waals surface area contributed by atoms with Crippen LogP contribution in [-0.4, -0.2) is 67.2 Å². The fourth-order valence-corrected chi connectivity index (χ4v) is 1.76. The van der Waals surface area contributed by atoms with Gasteiger partial charge >= 0.3 is 0 Å². The first-order chi connectivity index (χ1) is 10.2. The average Bonchev–Trinajstić information content (AvgIpc) is 2.99. The highest BCUT2D eigenvalue weighted by molar-refractivity contribution is 5.84. The summed E-state index contributed by atoms with van der Waals surface area (Å²) in [4.78, 5) is 15.5. The van der Waals surface area contributed by atoms with Crippen molar-refractivity contribution in [2.45, 2.75) is 18.9 Å². The van der Waals surface area contributed by atoms with Gasteiger partial charge < -0.3 is 30.9 Å². The molecule has 116 valence electrons. The highest BCUT2D eigenvalue weighted by atomic mass is 16.3. The lowest BCUT2D eigenvalue weighted by Crippen LogP contribution is -2.49. The van der Waals surface area contributed by atoms with Crippen LogP contribution < -0.4 is 10.6 Å². The number of aromatic nitrogens is 4. The van der Waals surface area contributed by atoms with Crippen LogP contribution in [0.5, 0.6) is 0 Å². The van der Waals surface area contributed by atoms with Gasteiger partial charge in [-0.05, 0) is 6.42 Å². The molecule has 0 amide bonds. The van der Waals surface area contributed by atoms with Gasteiger partial charge in [-0.2, -0.15) is 9.97 Å². The average molecular weight is 296 g/mol. The molecule has 0 aliphatic heterocycles. The van der Waals surface area contributed by atoms with Crippen molar-refractivity contribution in [1.82, 2.24) is 19.9 Å². The molecular weight excluding hydrogens is 276 g/mol. The number of anilines is 2. The second kappa shape index (κ2) is 6.66. The third-order valence-corrected chi connectivity index (χ3v) is 3.11. The molecule has 2 heterocycles. The molecule has 9 heteroatoms. The van der Waals surface area contributed by atoms with Crippen LogP contribution in [0.25, 0.3) is 11.2 Å². The number of nitrogens with zero attached hydrogens (tertiary/aromatic N) is 3. The monoisotopic (exact) mass is 296 g/mol. The van der Waals surface area contributed by atoms with Crippen molar-refractivity contribution in [3.8, 4) is 0 Å². The fourth-order valence-electron chi connectivity index (χ4n) is 1.76. The smallest absolute Gasteiger partial charge is 0.226 e. The molecule has 0 saturated heterocycles. The van der Waals surface area contributed by atoms with Crippen molar-refractivity contribution in [3.63, 3.8) is 0 Å². The normalized spacial score (nSPS) is 11.8. The number of nitrogens with one attached hydrogen (secondary N) is 3. The van der Waals surface area contributed by atoms with Crippen LogP contribution in [-0.2, 0) is 0 Å². The van der Waals surface area contributed by atoms with Crippen molar-refractivity contribution in [3.05, 3.63) is 6.33 Å². The molecule has 0 fully saturated rings. The van der Waals surface area contributed by atoms with Gasteiger partial charge in [-0.3, -0.25) is 0 Å². The van der Waals surface area contributed by atoms with Gasteiger partial charge in [0.25, 0.3) is 0 Å². The van der Waals surface area contributed by atoms with Crippen molar-refractivity contribution in [2.24, 2.45) is 0 Å². The third-order valence-electron chi connectivity index (χ3n) is 3.11. The van der Waals surface area contributed by atoms with Gasteiger partial charge in [0.15, 0.2) is 11.5 Å². The Labute approximate surface area is 121 Å². The van der Waals surface area contributed by atoms with Gasteiger partial charge in [0.2, 0.25) is 5.95 Å². The summed E-state index contributed by atoms with van der Waals surface area (Å²) in [6, 6.07) is 0. The SMILES string of the molecule is CCCNc1nc(NC(CO)(CO)CO)c2[nH]cnc2n1. The van der Waals surface area contributed by atoms with Crippen LogP contribution in [0, 0.1) is 0 Å². The van der Waals surface area contributed by atoms with Crippen molar-refractivity contribution < 1.29 is 15.3 Å². The number of H-pyrrole nitrogens is 1. The number of fused-ring (bicyclic) bond motifs is 1. The second-order valence-corrected chi connectivity index (χ2v) is 4.80. The summed E-state index contributed by atoms with van der Waals surface area (Å²) in [6.45, 7) is 1.39. The van der Waals surface area contributed by atoms with E-state index in [1.807, 2.05) is 6.92 Å². The van der Waals surface area contributed by atoms with E-state index in [-0.39, 0.29) is 0 Å². The molecule has 0 aliphatic carbocycles. The number of rotatable bonds is 8. The van der Waals surface area contributed by atoms with Crippen molar-refractivity contribution in [1.29, 1.82) is 0 Å². The molecule has 2 aromatic rings. The highest BCUT2D eigenvalue weighted by Crippen LogP contribution is 2.22. The predicted octanol–water partition coefficient (Wildman–Crippen LogP) is -0.698. The minimum absolute atomic E-state index is 0.355. The van der Waals surface area contributed by atoms with E-state index in [9.17, 15) is 15.3 Å². The molecule has 0 saturated carbocycles. The molecule has 0 atom stereocenters. The lowest BCUT2D eigenvalue weighted by atomic mass is 10.0. The largest absolute Gasteiger partial charge is 0.394 e. The number of aromatic amines is 1. The van der Waals surface area contributed by atoms with Crippen LogP contribution in [0.3, 0.4) is 0 Å². The summed E-state index contributed by atoms with van der Waals surface area (Å²) in [7, 11) is 0. The Morgan fingerprint density at radius 2 is 1.90 bits per heavy atom. The molecule has 0 radical (unpaired) electrons. The molecule has 21 heavy (non-hydrogen) atoms. The van der Waals surface area contributed by atoms with Gasteiger partial charge in [-0.25, -0.2) is 4.98 Å². The van der Waals surface area contributed by atoms with Gasteiger partial charge in [0, 0.05) is 6.54 Å². The Morgan fingerprint density at radius 1 is 1.19 bits per heavy atom. The summed E-state index contributed by atoms with van der Waals surface area (Å²) in [5.74, 6) is 0.745. The van der Waals surface area contributed by atoms with Gasteiger partial charge in [-0.15, -0.1) is 0 Å².